The molecule has 1 aliphatic rings. The number of carbonyl (C=O) groups is 3. The maximum absolute atomic E-state index is 11.9. The third-order valence-corrected chi connectivity index (χ3v) is 4.16. The second-order valence-electron chi connectivity index (χ2n) is 4.97. The first kappa shape index (κ1) is 18.9. The van der Waals surface area contributed by atoms with Crippen molar-refractivity contribution in [1.82, 2.24) is 4.90 Å². The van der Waals surface area contributed by atoms with Gasteiger partial charge in [0.25, 0.3) is 11.1 Å². The van der Waals surface area contributed by atoms with Crippen LogP contribution in [0.4, 0.5) is 4.79 Å². The highest BCUT2D eigenvalue weighted by atomic mass is 32.2. The van der Waals surface area contributed by atoms with Crippen LogP contribution in [0.3, 0.4) is 0 Å². The first-order chi connectivity index (χ1) is 12.0. The normalized spacial score (nSPS) is 15.6. The minimum absolute atomic E-state index is 0.220. The molecule has 8 heteroatoms. The van der Waals surface area contributed by atoms with Crippen molar-refractivity contribution in [3.63, 3.8) is 0 Å². The summed E-state index contributed by atoms with van der Waals surface area (Å²) in [6.07, 6.45) is 1.62. The van der Waals surface area contributed by atoms with Crippen LogP contribution in [0.5, 0.6) is 11.5 Å². The van der Waals surface area contributed by atoms with Crippen molar-refractivity contribution in [2.24, 2.45) is 0 Å². The van der Waals surface area contributed by atoms with Crippen LogP contribution in [0.25, 0.3) is 6.08 Å². The van der Waals surface area contributed by atoms with E-state index in [0.29, 0.717) is 28.6 Å². The number of amides is 2. The highest BCUT2D eigenvalue weighted by Gasteiger charge is 2.31. The number of likely N-dealkylation sites (N-methyl/N-ethyl adjacent to an activating group) is 1. The summed E-state index contributed by atoms with van der Waals surface area (Å²) < 4.78 is 15.8. The number of hydrogen-bond acceptors (Lipinski definition) is 7. The van der Waals surface area contributed by atoms with Gasteiger partial charge in [0.2, 0.25) is 0 Å². The fraction of sp³-hybridized carbons (Fsp3) is 0.353. The van der Waals surface area contributed by atoms with E-state index in [1.807, 2.05) is 6.92 Å². The first-order valence-corrected chi connectivity index (χ1v) is 8.54. The number of nitrogens with zero attached hydrogens (tertiary/aromatic N) is 1. The van der Waals surface area contributed by atoms with Crippen molar-refractivity contribution in [3.8, 4) is 11.5 Å². The molecular formula is C17H19NO6S. The zero-order valence-corrected chi connectivity index (χ0v) is 15.1. The summed E-state index contributed by atoms with van der Waals surface area (Å²) in [7, 11) is 1.44. The average Bonchev–Trinajstić information content (AvgIpc) is 2.82. The van der Waals surface area contributed by atoms with Gasteiger partial charge in [-0.15, -0.1) is 0 Å². The molecule has 2 rings (SSSR count). The maximum atomic E-state index is 11.9. The van der Waals surface area contributed by atoms with E-state index in [1.165, 1.54) is 7.05 Å². The Morgan fingerprint density at radius 3 is 2.52 bits per heavy atom. The van der Waals surface area contributed by atoms with Crippen molar-refractivity contribution in [1.29, 1.82) is 0 Å². The SMILES string of the molecule is CCOC(=O)COc1ccc(/C=C2\SC(=O)N(C)C2=O)cc1OCC. The van der Waals surface area contributed by atoms with Crippen molar-refractivity contribution < 1.29 is 28.6 Å². The van der Waals surface area contributed by atoms with Gasteiger partial charge in [0.05, 0.1) is 18.1 Å². The van der Waals surface area contributed by atoms with E-state index in [4.69, 9.17) is 14.2 Å². The lowest BCUT2D eigenvalue weighted by Crippen LogP contribution is -2.22. The Morgan fingerprint density at radius 2 is 1.92 bits per heavy atom. The third-order valence-electron chi connectivity index (χ3n) is 3.20. The molecule has 0 radical (unpaired) electrons. The molecule has 1 aromatic carbocycles. The minimum atomic E-state index is -0.467. The van der Waals surface area contributed by atoms with Gasteiger partial charge in [-0.05, 0) is 49.4 Å². The number of imide groups is 1. The Morgan fingerprint density at radius 1 is 1.16 bits per heavy atom. The van der Waals surface area contributed by atoms with Crippen LogP contribution >= 0.6 is 11.8 Å². The van der Waals surface area contributed by atoms with Gasteiger partial charge in [0.1, 0.15) is 0 Å². The standard InChI is InChI=1S/C17H19NO6S/c1-4-22-13-8-11(9-14-16(20)18(3)17(21)25-14)6-7-12(13)24-10-15(19)23-5-2/h6-9H,4-5,10H2,1-3H3/b14-9-. The fourth-order valence-electron chi connectivity index (χ4n) is 2.04. The maximum Gasteiger partial charge on any atom is 0.344 e. The lowest BCUT2D eigenvalue weighted by Gasteiger charge is -2.12. The summed E-state index contributed by atoms with van der Waals surface area (Å²) in [5.41, 5.74) is 0.686. The number of benzene rings is 1. The highest BCUT2D eigenvalue weighted by molar-refractivity contribution is 8.18. The first-order valence-electron chi connectivity index (χ1n) is 7.73. The van der Waals surface area contributed by atoms with Crippen LogP contribution in [0, 0.1) is 0 Å². The molecule has 1 heterocycles. The molecule has 0 saturated carbocycles. The predicted molar refractivity (Wildman–Crippen MR) is 93.5 cm³/mol. The monoisotopic (exact) mass is 365 g/mol. The Labute approximate surface area is 149 Å². The molecule has 1 aliphatic heterocycles. The average molecular weight is 365 g/mol. The number of carbonyl (C=O) groups excluding carboxylic acids is 3. The molecule has 0 aromatic heterocycles. The van der Waals surface area contributed by atoms with E-state index < -0.39 is 5.97 Å². The van der Waals surface area contributed by atoms with Crippen molar-refractivity contribution in [3.05, 3.63) is 28.7 Å². The fourth-order valence-corrected chi connectivity index (χ4v) is 2.87. The van der Waals surface area contributed by atoms with E-state index in [9.17, 15) is 14.4 Å². The zero-order chi connectivity index (χ0) is 18.4. The van der Waals surface area contributed by atoms with Crippen LogP contribution in [0.2, 0.25) is 0 Å². The van der Waals surface area contributed by atoms with E-state index in [2.05, 4.69) is 0 Å². The molecule has 1 aromatic rings. The summed E-state index contributed by atoms with van der Waals surface area (Å²) in [6.45, 7) is 4.01. The van der Waals surface area contributed by atoms with Gasteiger partial charge in [-0.3, -0.25) is 14.5 Å². The molecule has 0 spiro atoms. The summed E-state index contributed by atoms with van der Waals surface area (Å²) in [5, 5.41) is -0.310. The quantitative estimate of drug-likeness (QED) is 0.543. The van der Waals surface area contributed by atoms with Gasteiger partial charge >= 0.3 is 5.97 Å². The number of rotatable bonds is 7. The molecule has 0 aliphatic carbocycles. The summed E-state index contributed by atoms with van der Waals surface area (Å²) in [5.74, 6) is 0.0353. The van der Waals surface area contributed by atoms with E-state index in [1.54, 1.807) is 31.2 Å². The second kappa shape index (κ2) is 8.57. The molecule has 1 fully saturated rings. The van der Waals surface area contributed by atoms with Crippen LogP contribution in [0.15, 0.2) is 23.1 Å². The van der Waals surface area contributed by atoms with Crippen LogP contribution in [-0.4, -0.2) is 48.9 Å². The number of esters is 1. The van der Waals surface area contributed by atoms with Gasteiger partial charge in [-0.25, -0.2) is 4.79 Å². The zero-order valence-electron chi connectivity index (χ0n) is 14.2. The summed E-state index contributed by atoms with van der Waals surface area (Å²) >= 11 is 0.885. The largest absolute Gasteiger partial charge is 0.490 e. The van der Waals surface area contributed by atoms with Crippen LogP contribution < -0.4 is 9.47 Å². The topological polar surface area (TPSA) is 82.1 Å². The lowest BCUT2D eigenvalue weighted by molar-refractivity contribution is -0.145. The molecule has 1 saturated heterocycles. The Balaban J connectivity index is 2.19. The molecule has 25 heavy (non-hydrogen) atoms. The highest BCUT2D eigenvalue weighted by Crippen LogP contribution is 2.34. The number of ether oxygens (including phenoxy) is 3. The number of hydrogen-bond donors (Lipinski definition) is 0. The predicted octanol–water partition coefficient (Wildman–Crippen LogP) is 2.69. The Kier molecular flexibility index (Phi) is 6.46. The third kappa shape index (κ3) is 4.76. The molecule has 134 valence electrons. The molecule has 7 nitrogen and oxygen atoms in total. The van der Waals surface area contributed by atoms with E-state index in [0.717, 1.165) is 16.7 Å². The molecular weight excluding hydrogens is 346 g/mol. The van der Waals surface area contributed by atoms with Crippen molar-refractivity contribution in [2.45, 2.75) is 13.8 Å². The second-order valence-corrected chi connectivity index (χ2v) is 5.97. The van der Waals surface area contributed by atoms with E-state index >= 15 is 0 Å². The van der Waals surface area contributed by atoms with Gasteiger partial charge in [-0.1, -0.05) is 6.07 Å². The molecule has 0 atom stereocenters. The number of thioether (sulfide) groups is 1. The van der Waals surface area contributed by atoms with E-state index in [-0.39, 0.29) is 24.4 Å². The summed E-state index contributed by atoms with van der Waals surface area (Å²) in [4.78, 5) is 36.3. The molecule has 0 unspecified atom stereocenters. The van der Waals surface area contributed by atoms with Gasteiger partial charge in [0.15, 0.2) is 18.1 Å². The minimum Gasteiger partial charge on any atom is -0.490 e. The molecule has 2 amide bonds. The van der Waals surface area contributed by atoms with Gasteiger partial charge < -0.3 is 14.2 Å². The molecule has 0 N–H and O–H groups in total. The van der Waals surface area contributed by atoms with Gasteiger partial charge in [0, 0.05) is 7.05 Å². The van der Waals surface area contributed by atoms with Crippen LogP contribution in [-0.2, 0) is 14.3 Å². The van der Waals surface area contributed by atoms with Gasteiger partial charge in [-0.2, -0.15) is 0 Å². The van der Waals surface area contributed by atoms with Crippen molar-refractivity contribution in [2.75, 3.05) is 26.9 Å². The summed E-state index contributed by atoms with van der Waals surface area (Å²) in [6, 6.07) is 5.05. The Hall–Kier alpha value is -2.48. The smallest absolute Gasteiger partial charge is 0.344 e. The Bertz CT molecular complexity index is 715. The van der Waals surface area contributed by atoms with Crippen molar-refractivity contribution >= 4 is 35.0 Å². The molecule has 0 bridgehead atoms. The van der Waals surface area contributed by atoms with Crippen LogP contribution in [0.1, 0.15) is 19.4 Å². The lowest BCUT2D eigenvalue weighted by atomic mass is 10.2.